The van der Waals surface area contributed by atoms with E-state index in [0.717, 1.165) is 5.56 Å². The second kappa shape index (κ2) is 6.89. The molecule has 0 aliphatic rings. The van der Waals surface area contributed by atoms with Gasteiger partial charge in [0, 0.05) is 30.7 Å². The van der Waals surface area contributed by atoms with Gasteiger partial charge in [0.25, 0.3) is 10.0 Å². The number of pyridine rings is 1. The normalized spacial score (nSPS) is 11.2. The number of nitrogens with zero attached hydrogens (tertiary/aromatic N) is 3. The fraction of sp³-hybridized carbons (Fsp3) is 0.111. The number of rotatable bonds is 5. The van der Waals surface area contributed by atoms with E-state index in [2.05, 4.69) is 16.4 Å². The topological polar surface area (TPSA) is 87.8 Å². The second-order valence-corrected chi connectivity index (χ2v) is 7.26. The van der Waals surface area contributed by atoms with Gasteiger partial charge in [-0.25, -0.2) is 12.4 Å². The molecule has 25 heavy (non-hydrogen) atoms. The van der Waals surface area contributed by atoms with Crippen LogP contribution in [0.25, 0.3) is 11.3 Å². The smallest absolute Gasteiger partial charge is 0.269 e. The number of nitriles is 1. The fourth-order valence-corrected chi connectivity index (χ4v) is 3.93. The molecule has 3 rings (SSSR count). The van der Waals surface area contributed by atoms with E-state index in [9.17, 15) is 8.42 Å². The first kappa shape index (κ1) is 16.9. The van der Waals surface area contributed by atoms with Crippen LogP contribution in [0, 0.1) is 11.3 Å². The van der Waals surface area contributed by atoms with Gasteiger partial charge in [0.1, 0.15) is 4.90 Å². The third-order valence-corrected chi connectivity index (χ3v) is 5.36. The first-order chi connectivity index (χ1) is 12.1. The molecule has 6 nitrogen and oxygen atoms in total. The van der Waals surface area contributed by atoms with Crippen molar-refractivity contribution in [1.82, 2.24) is 14.3 Å². The zero-order chi connectivity index (χ0) is 17.9. The summed E-state index contributed by atoms with van der Waals surface area (Å²) in [6.45, 7) is 0.528. The summed E-state index contributed by atoms with van der Waals surface area (Å²) in [5, 5.41) is 12.1. The van der Waals surface area contributed by atoms with Gasteiger partial charge >= 0.3 is 0 Å². The maximum Gasteiger partial charge on any atom is 0.269 e. The third kappa shape index (κ3) is 3.31. The maximum absolute atomic E-state index is 13.0. The van der Waals surface area contributed by atoms with Gasteiger partial charge in [0.15, 0.2) is 0 Å². The number of hydrogen-bond donors (Lipinski definition) is 1. The molecule has 0 saturated carbocycles. The van der Waals surface area contributed by atoms with Crippen LogP contribution in [0.2, 0.25) is 0 Å². The molecule has 1 aromatic carbocycles. The lowest BCUT2D eigenvalue weighted by Gasteiger charge is -2.10. The van der Waals surface area contributed by atoms with Gasteiger partial charge in [0.05, 0.1) is 17.3 Å². The van der Waals surface area contributed by atoms with Crippen LogP contribution in [0.15, 0.2) is 66.0 Å². The molecule has 1 N–H and O–H groups in total. The highest BCUT2D eigenvalue weighted by Crippen LogP contribution is 2.27. The summed E-state index contributed by atoms with van der Waals surface area (Å²) in [6, 6.07) is 13.9. The van der Waals surface area contributed by atoms with Gasteiger partial charge in [0.2, 0.25) is 0 Å². The molecule has 0 fully saturated rings. The van der Waals surface area contributed by atoms with E-state index in [1.54, 1.807) is 49.6 Å². The van der Waals surface area contributed by atoms with Crippen molar-refractivity contribution < 1.29 is 8.42 Å². The van der Waals surface area contributed by atoms with E-state index in [-0.39, 0.29) is 4.90 Å². The molecule has 7 heteroatoms. The largest absolute Gasteiger partial charge is 0.316 e. The predicted octanol–water partition coefficient (Wildman–Crippen LogP) is 2.38. The van der Waals surface area contributed by atoms with Crippen molar-refractivity contribution in [1.29, 1.82) is 5.26 Å². The highest BCUT2D eigenvalue weighted by Gasteiger charge is 2.22. The van der Waals surface area contributed by atoms with Gasteiger partial charge in [-0.1, -0.05) is 12.1 Å². The Hall–Kier alpha value is -2.95. The molecule has 0 aliphatic carbocycles. The standard InChI is InChI=1S/C18H16N4O2S/c1-20-11-15-9-18(16-5-2-4-14(8-16)10-19)22(13-15)25(23,24)17-6-3-7-21-12-17/h2-9,12-13,20H,11H2,1H3. The van der Waals surface area contributed by atoms with Crippen LogP contribution in [-0.2, 0) is 16.6 Å². The molecule has 0 spiro atoms. The van der Waals surface area contributed by atoms with E-state index >= 15 is 0 Å². The second-order valence-electron chi connectivity index (χ2n) is 5.45. The molecular formula is C18H16N4O2S. The molecular weight excluding hydrogens is 336 g/mol. The average molecular weight is 352 g/mol. The lowest BCUT2D eigenvalue weighted by molar-refractivity contribution is 0.587. The van der Waals surface area contributed by atoms with E-state index in [1.807, 2.05) is 0 Å². The van der Waals surface area contributed by atoms with Gasteiger partial charge in [-0.15, -0.1) is 0 Å². The van der Waals surface area contributed by atoms with E-state index in [0.29, 0.717) is 23.4 Å². The Morgan fingerprint density at radius 1 is 1.24 bits per heavy atom. The number of nitrogens with one attached hydrogen (secondary N) is 1. The van der Waals surface area contributed by atoms with Gasteiger partial charge in [-0.2, -0.15) is 5.26 Å². The summed E-state index contributed by atoms with van der Waals surface area (Å²) in [6.07, 6.45) is 4.44. The summed E-state index contributed by atoms with van der Waals surface area (Å²) in [7, 11) is -2.00. The summed E-state index contributed by atoms with van der Waals surface area (Å²) in [4.78, 5) is 4.01. The van der Waals surface area contributed by atoms with Gasteiger partial charge in [-0.3, -0.25) is 4.98 Å². The van der Waals surface area contributed by atoms with Crippen LogP contribution in [0.3, 0.4) is 0 Å². The van der Waals surface area contributed by atoms with Crippen molar-refractivity contribution in [2.45, 2.75) is 11.4 Å². The molecule has 0 radical (unpaired) electrons. The fourth-order valence-electron chi connectivity index (χ4n) is 2.57. The Kier molecular flexibility index (Phi) is 4.65. The van der Waals surface area contributed by atoms with Crippen LogP contribution in [0.4, 0.5) is 0 Å². The molecule has 0 amide bonds. The Bertz CT molecular complexity index is 1030. The highest BCUT2D eigenvalue weighted by molar-refractivity contribution is 7.90. The van der Waals surface area contributed by atoms with Crippen molar-refractivity contribution >= 4 is 10.0 Å². The Balaban J connectivity index is 2.21. The first-order valence-corrected chi connectivity index (χ1v) is 9.02. The number of hydrogen-bond acceptors (Lipinski definition) is 5. The number of aromatic nitrogens is 2. The lowest BCUT2D eigenvalue weighted by Crippen LogP contribution is -2.13. The molecule has 0 atom stereocenters. The van der Waals surface area contributed by atoms with Crippen LogP contribution in [-0.4, -0.2) is 24.4 Å². The highest BCUT2D eigenvalue weighted by atomic mass is 32.2. The number of benzene rings is 1. The molecule has 126 valence electrons. The molecule has 0 unspecified atom stereocenters. The molecule has 3 aromatic rings. The summed E-state index contributed by atoms with van der Waals surface area (Å²) >= 11 is 0. The molecule has 2 aromatic heterocycles. The lowest BCUT2D eigenvalue weighted by atomic mass is 10.1. The average Bonchev–Trinajstić information content (AvgIpc) is 3.08. The van der Waals surface area contributed by atoms with Crippen molar-refractivity contribution in [2.75, 3.05) is 7.05 Å². The van der Waals surface area contributed by atoms with Crippen molar-refractivity contribution in [2.24, 2.45) is 0 Å². The van der Waals surface area contributed by atoms with E-state index in [4.69, 9.17) is 5.26 Å². The first-order valence-electron chi connectivity index (χ1n) is 7.58. The Labute approximate surface area is 146 Å². The zero-order valence-corrected chi connectivity index (χ0v) is 14.4. The van der Waals surface area contributed by atoms with Crippen molar-refractivity contribution in [3.63, 3.8) is 0 Å². The van der Waals surface area contributed by atoms with Gasteiger partial charge in [-0.05, 0) is 42.9 Å². The summed E-state index contributed by atoms with van der Waals surface area (Å²) in [5.41, 5.74) is 2.46. The monoisotopic (exact) mass is 352 g/mol. The minimum atomic E-state index is -3.79. The molecule has 2 heterocycles. The maximum atomic E-state index is 13.0. The van der Waals surface area contributed by atoms with E-state index in [1.165, 1.54) is 22.4 Å². The molecule has 0 bridgehead atoms. The predicted molar refractivity (Wildman–Crippen MR) is 94.2 cm³/mol. The quantitative estimate of drug-likeness (QED) is 0.762. The summed E-state index contributed by atoms with van der Waals surface area (Å²) in [5.74, 6) is 0. The van der Waals surface area contributed by atoms with E-state index < -0.39 is 10.0 Å². The third-order valence-electron chi connectivity index (χ3n) is 3.70. The van der Waals surface area contributed by atoms with Crippen LogP contribution in [0.1, 0.15) is 11.1 Å². The van der Waals surface area contributed by atoms with Crippen LogP contribution < -0.4 is 5.32 Å². The van der Waals surface area contributed by atoms with Crippen LogP contribution in [0.5, 0.6) is 0 Å². The minimum absolute atomic E-state index is 0.110. The molecule has 0 saturated heterocycles. The SMILES string of the molecule is CNCc1cc(-c2cccc(C#N)c2)n(S(=O)(=O)c2cccnc2)c1. The Morgan fingerprint density at radius 2 is 2.08 bits per heavy atom. The Morgan fingerprint density at radius 3 is 2.76 bits per heavy atom. The minimum Gasteiger partial charge on any atom is -0.316 e. The van der Waals surface area contributed by atoms with Gasteiger partial charge < -0.3 is 5.32 Å². The van der Waals surface area contributed by atoms with Crippen molar-refractivity contribution in [3.05, 3.63) is 72.2 Å². The summed E-state index contributed by atoms with van der Waals surface area (Å²) < 4.78 is 27.3. The molecule has 0 aliphatic heterocycles. The van der Waals surface area contributed by atoms with Crippen LogP contribution >= 0.6 is 0 Å². The van der Waals surface area contributed by atoms with Crippen molar-refractivity contribution in [3.8, 4) is 17.3 Å². The zero-order valence-electron chi connectivity index (χ0n) is 13.5.